The van der Waals surface area contributed by atoms with Crippen LogP contribution < -0.4 is 4.90 Å². The number of benzene rings is 2. The molecule has 2 saturated heterocycles. The second kappa shape index (κ2) is 9.79. The minimum absolute atomic E-state index is 0.00927. The lowest BCUT2D eigenvalue weighted by Crippen LogP contribution is -2.35. The maximum atomic E-state index is 13.1. The van der Waals surface area contributed by atoms with Gasteiger partial charge in [-0.1, -0.05) is 12.1 Å². The lowest BCUT2D eigenvalue weighted by Gasteiger charge is -2.23. The summed E-state index contributed by atoms with van der Waals surface area (Å²) in [5.74, 6) is -0.152. The molecule has 4 rings (SSSR count). The summed E-state index contributed by atoms with van der Waals surface area (Å²) in [7, 11) is 0. The molecule has 0 unspecified atom stereocenters. The van der Waals surface area contributed by atoms with E-state index in [9.17, 15) is 14.9 Å². The topological polar surface area (TPSA) is 93.7 Å². The van der Waals surface area contributed by atoms with Crippen molar-refractivity contribution in [2.24, 2.45) is 0 Å². The second-order valence-corrected chi connectivity index (χ2v) is 8.39. The van der Waals surface area contributed by atoms with Crippen molar-refractivity contribution in [1.29, 1.82) is 5.26 Å². The first-order valence-corrected chi connectivity index (χ1v) is 11.1. The molecule has 2 aliphatic rings. The molecule has 2 aromatic carbocycles. The van der Waals surface area contributed by atoms with Gasteiger partial charge in [-0.3, -0.25) is 19.8 Å². The Morgan fingerprint density at radius 3 is 2.41 bits per heavy atom. The van der Waals surface area contributed by atoms with Gasteiger partial charge < -0.3 is 9.80 Å². The smallest absolute Gasteiger partial charge is 0.293 e. The van der Waals surface area contributed by atoms with Gasteiger partial charge in [0, 0.05) is 57.4 Å². The number of nitriles is 1. The van der Waals surface area contributed by atoms with E-state index < -0.39 is 0 Å². The predicted octanol–water partition coefficient (Wildman–Crippen LogP) is 3.41. The lowest BCUT2D eigenvalue weighted by atomic mass is 10.1. The molecule has 2 aromatic rings. The lowest BCUT2D eigenvalue weighted by molar-refractivity contribution is -0.384. The molecule has 2 aliphatic heterocycles. The van der Waals surface area contributed by atoms with Crippen LogP contribution in [0.5, 0.6) is 0 Å². The molecule has 0 spiro atoms. The molecule has 0 N–H and O–H groups in total. The van der Waals surface area contributed by atoms with Crippen LogP contribution in [0.15, 0.2) is 42.5 Å². The number of rotatable bonds is 5. The summed E-state index contributed by atoms with van der Waals surface area (Å²) in [4.78, 5) is 30.5. The molecule has 166 valence electrons. The minimum Gasteiger partial charge on any atom is -0.366 e. The minimum atomic E-state index is -0.383. The average molecular weight is 434 g/mol. The molecule has 0 radical (unpaired) electrons. The third kappa shape index (κ3) is 4.89. The van der Waals surface area contributed by atoms with Crippen molar-refractivity contribution in [3.63, 3.8) is 0 Å². The van der Waals surface area contributed by atoms with E-state index in [4.69, 9.17) is 5.26 Å². The number of carbonyl (C=O) groups excluding carboxylic acids is 1. The Morgan fingerprint density at radius 2 is 1.72 bits per heavy atom. The number of hydrogen-bond acceptors (Lipinski definition) is 6. The van der Waals surface area contributed by atoms with Crippen LogP contribution in [0.4, 0.5) is 11.4 Å². The van der Waals surface area contributed by atoms with Gasteiger partial charge in [0.25, 0.3) is 11.6 Å². The van der Waals surface area contributed by atoms with Gasteiger partial charge in [0.2, 0.25) is 0 Å². The molecular weight excluding hydrogens is 406 g/mol. The summed E-state index contributed by atoms with van der Waals surface area (Å²) in [6.07, 6.45) is 2.91. The van der Waals surface area contributed by atoms with Gasteiger partial charge in [0.05, 0.1) is 16.6 Å². The van der Waals surface area contributed by atoms with E-state index in [2.05, 4.69) is 11.0 Å². The fraction of sp³-hybridized carbons (Fsp3) is 0.417. The van der Waals surface area contributed by atoms with Crippen molar-refractivity contribution in [1.82, 2.24) is 9.80 Å². The van der Waals surface area contributed by atoms with Crippen LogP contribution in [-0.2, 0) is 6.54 Å². The van der Waals surface area contributed by atoms with Crippen LogP contribution in [-0.4, -0.2) is 59.9 Å². The third-order valence-electron chi connectivity index (χ3n) is 6.23. The van der Waals surface area contributed by atoms with Crippen LogP contribution in [0.2, 0.25) is 0 Å². The molecule has 0 saturated carbocycles. The third-order valence-corrected chi connectivity index (χ3v) is 6.23. The molecule has 32 heavy (non-hydrogen) atoms. The molecular formula is C24H27N5O3. The second-order valence-electron chi connectivity index (χ2n) is 8.39. The zero-order valence-corrected chi connectivity index (χ0v) is 18.1. The highest BCUT2D eigenvalue weighted by Crippen LogP contribution is 2.32. The molecule has 2 heterocycles. The number of nitrogens with zero attached hydrogens (tertiary/aromatic N) is 5. The van der Waals surface area contributed by atoms with E-state index in [0.29, 0.717) is 29.9 Å². The Labute approximate surface area is 187 Å². The first-order chi connectivity index (χ1) is 15.5. The molecule has 0 aromatic heterocycles. The van der Waals surface area contributed by atoms with Crippen molar-refractivity contribution in [2.45, 2.75) is 25.8 Å². The van der Waals surface area contributed by atoms with E-state index in [1.165, 1.54) is 6.07 Å². The summed E-state index contributed by atoms with van der Waals surface area (Å²) in [6, 6.07) is 14.6. The number of nitro groups is 1. The molecule has 0 aliphatic carbocycles. The van der Waals surface area contributed by atoms with Gasteiger partial charge in [-0.05, 0) is 49.1 Å². The monoisotopic (exact) mass is 433 g/mol. The predicted molar refractivity (Wildman–Crippen MR) is 121 cm³/mol. The zero-order chi connectivity index (χ0) is 22.5. The highest BCUT2D eigenvalue weighted by Gasteiger charge is 2.26. The first-order valence-electron chi connectivity index (χ1n) is 11.1. The van der Waals surface area contributed by atoms with E-state index >= 15 is 0 Å². The summed E-state index contributed by atoms with van der Waals surface area (Å²) >= 11 is 0. The Hall–Kier alpha value is -3.44. The highest BCUT2D eigenvalue weighted by molar-refractivity contribution is 5.96. The van der Waals surface area contributed by atoms with Crippen molar-refractivity contribution >= 4 is 17.3 Å². The molecule has 1 amide bonds. The number of anilines is 1. The summed E-state index contributed by atoms with van der Waals surface area (Å²) in [5.41, 5.74) is 2.77. The fourth-order valence-electron chi connectivity index (χ4n) is 4.49. The number of nitro benzene ring substituents is 1. The largest absolute Gasteiger partial charge is 0.366 e. The Morgan fingerprint density at radius 1 is 0.969 bits per heavy atom. The van der Waals surface area contributed by atoms with Crippen LogP contribution in [0.1, 0.15) is 40.7 Å². The van der Waals surface area contributed by atoms with Gasteiger partial charge in [0.1, 0.15) is 5.69 Å². The Balaban J connectivity index is 1.42. The molecule has 2 fully saturated rings. The SMILES string of the molecule is N#Cc1ccc(CN2CCCN(C(=O)c3ccc(N4CCCC4)c([N+](=O)[O-])c3)CC2)cc1. The Bertz CT molecular complexity index is 1020. The van der Waals surface area contributed by atoms with E-state index in [1.54, 1.807) is 17.0 Å². The standard InChI is InChI=1S/C24H27N5O3/c25-17-19-4-6-20(7-5-19)18-26-10-3-13-28(15-14-26)24(30)21-8-9-22(23(16-21)29(31)32)27-11-1-2-12-27/h4-9,16H,1-3,10-15,18H2. The summed E-state index contributed by atoms with van der Waals surface area (Å²) in [5, 5.41) is 20.6. The molecule has 0 atom stereocenters. The molecule has 8 heteroatoms. The molecule has 8 nitrogen and oxygen atoms in total. The Kier molecular flexibility index (Phi) is 6.66. The van der Waals surface area contributed by atoms with Gasteiger partial charge in [-0.25, -0.2) is 0 Å². The van der Waals surface area contributed by atoms with Crippen LogP contribution in [0.25, 0.3) is 0 Å². The molecule has 0 bridgehead atoms. The zero-order valence-electron chi connectivity index (χ0n) is 18.1. The van der Waals surface area contributed by atoms with Gasteiger partial charge in [0.15, 0.2) is 0 Å². The maximum Gasteiger partial charge on any atom is 0.293 e. The first kappa shape index (κ1) is 21.8. The van der Waals surface area contributed by atoms with Gasteiger partial charge >= 0.3 is 0 Å². The van der Waals surface area contributed by atoms with Crippen molar-refractivity contribution in [3.05, 3.63) is 69.3 Å². The highest BCUT2D eigenvalue weighted by atomic mass is 16.6. The van der Waals surface area contributed by atoms with Gasteiger partial charge in [-0.15, -0.1) is 0 Å². The number of amides is 1. The average Bonchev–Trinajstić information content (AvgIpc) is 3.25. The van der Waals surface area contributed by atoms with Crippen LogP contribution in [0, 0.1) is 21.4 Å². The fourth-order valence-corrected chi connectivity index (χ4v) is 4.49. The summed E-state index contributed by atoms with van der Waals surface area (Å²) in [6.45, 7) is 5.22. The van der Waals surface area contributed by atoms with Gasteiger partial charge in [-0.2, -0.15) is 5.26 Å². The number of carbonyl (C=O) groups is 1. The van der Waals surface area contributed by atoms with Crippen molar-refractivity contribution in [2.75, 3.05) is 44.2 Å². The summed E-state index contributed by atoms with van der Waals surface area (Å²) < 4.78 is 0. The van der Waals surface area contributed by atoms with Crippen molar-refractivity contribution < 1.29 is 9.72 Å². The number of hydrogen-bond donors (Lipinski definition) is 0. The maximum absolute atomic E-state index is 13.1. The van der Waals surface area contributed by atoms with Crippen LogP contribution >= 0.6 is 0 Å². The van der Waals surface area contributed by atoms with Crippen molar-refractivity contribution in [3.8, 4) is 6.07 Å². The van der Waals surface area contributed by atoms with E-state index in [1.807, 2.05) is 29.2 Å². The van der Waals surface area contributed by atoms with E-state index in [-0.39, 0.29) is 16.5 Å². The normalized spacial score (nSPS) is 17.1. The quantitative estimate of drug-likeness (QED) is 0.530. The van der Waals surface area contributed by atoms with E-state index in [0.717, 1.165) is 57.5 Å². The van der Waals surface area contributed by atoms with Crippen LogP contribution in [0.3, 0.4) is 0 Å².